The summed E-state index contributed by atoms with van der Waals surface area (Å²) in [4.78, 5) is 12.1. The number of carbonyl (C=O) groups excluding carboxylic acids is 1. The summed E-state index contributed by atoms with van der Waals surface area (Å²) in [6, 6.07) is 17.9. The van der Waals surface area contributed by atoms with Gasteiger partial charge in [0, 0.05) is 12.1 Å². The molecule has 0 aliphatic carbocycles. The van der Waals surface area contributed by atoms with Crippen LogP contribution in [-0.4, -0.2) is 11.4 Å². The van der Waals surface area contributed by atoms with E-state index < -0.39 is 5.54 Å². The van der Waals surface area contributed by atoms with Gasteiger partial charge in [-0.25, -0.2) is 0 Å². The summed E-state index contributed by atoms with van der Waals surface area (Å²) in [7, 11) is 0. The van der Waals surface area contributed by atoms with Gasteiger partial charge in [0.1, 0.15) is 5.54 Å². The van der Waals surface area contributed by atoms with Crippen molar-refractivity contribution >= 4 is 11.6 Å². The summed E-state index contributed by atoms with van der Waals surface area (Å²) in [5, 5.41) is 3.36. The monoisotopic (exact) mass is 282 g/mol. The van der Waals surface area contributed by atoms with Crippen LogP contribution in [0.1, 0.15) is 24.5 Å². The largest absolute Gasteiger partial charge is 0.371 e. The smallest absolute Gasteiger partial charge is 0.243 e. The predicted molar refractivity (Wildman–Crippen MR) is 87.2 cm³/mol. The zero-order valence-electron chi connectivity index (χ0n) is 12.6. The van der Waals surface area contributed by atoms with Crippen molar-refractivity contribution in [3.8, 4) is 0 Å². The van der Waals surface area contributed by atoms with E-state index in [0.29, 0.717) is 12.8 Å². The summed E-state index contributed by atoms with van der Waals surface area (Å²) >= 11 is 0. The zero-order valence-corrected chi connectivity index (χ0v) is 12.6. The normalized spacial score (nSPS) is 13.4. The molecular weight excluding hydrogens is 260 g/mol. The van der Waals surface area contributed by atoms with E-state index >= 15 is 0 Å². The SMILES string of the molecule is CCC(Cc1ccccc1)(Nc1cccc(C)c1)C(N)=O. The zero-order chi connectivity index (χ0) is 15.3. The number of nitrogens with two attached hydrogens (primary N) is 1. The van der Waals surface area contributed by atoms with Gasteiger partial charge in [0.05, 0.1) is 0 Å². The van der Waals surface area contributed by atoms with E-state index in [9.17, 15) is 4.79 Å². The maximum atomic E-state index is 12.1. The fraction of sp³-hybridized carbons (Fsp3) is 0.278. The fourth-order valence-corrected chi connectivity index (χ4v) is 2.52. The molecule has 3 nitrogen and oxygen atoms in total. The van der Waals surface area contributed by atoms with E-state index in [1.807, 2.05) is 68.4 Å². The number of primary amides is 1. The van der Waals surface area contributed by atoms with Gasteiger partial charge in [-0.3, -0.25) is 4.79 Å². The molecule has 0 saturated carbocycles. The molecule has 1 amide bonds. The van der Waals surface area contributed by atoms with Gasteiger partial charge in [0.2, 0.25) is 5.91 Å². The Morgan fingerprint density at radius 1 is 1.14 bits per heavy atom. The highest BCUT2D eigenvalue weighted by Gasteiger charge is 2.34. The van der Waals surface area contributed by atoms with Gasteiger partial charge < -0.3 is 11.1 Å². The van der Waals surface area contributed by atoms with E-state index in [2.05, 4.69) is 5.32 Å². The number of benzene rings is 2. The lowest BCUT2D eigenvalue weighted by molar-refractivity contribution is -0.122. The molecule has 0 fully saturated rings. The number of nitrogens with one attached hydrogen (secondary N) is 1. The molecule has 3 heteroatoms. The molecule has 0 aliphatic rings. The minimum absolute atomic E-state index is 0.324. The van der Waals surface area contributed by atoms with E-state index in [-0.39, 0.29) is 5.91 Å². The van der Waals surface area contributed by atoms with E-state index in [1.165, 1.54) is 0 Å². The third-order valence-corrected chi connectivity index (χ3v) is 3.83. The molecule has 110 valence electrons. The Bertz CT molecular complexity index is 610. The first-order valence-electron chi connectivity index (χ1n) is 7.24. The highest BCUT2D eigenvalue weighted by molar-refractivity contribution is 5.88. The first kappa shape index (κ1) is 15.1. The Balaban J connectivity index is 2.31. The lowest BCUT2D eigenvalue weighted by atomic mass is 9.87. The van der Waals surface area contributed by atoms with Crippen LogP contribution in [-0.2, 0) is 11.2 Å². The molecule has 0 heterocycles. The molecule has 0 spiro atoms. The van der Waals surface area contributed by atoms with Gasteiger partial charge in [-0.1, -0.05) is 49.4 Å². The number of rotatable bonds is 6. The number of anilines is 1. The molecule has 2 rings (SSSR count). The van der Waals surface area contributed by atoms with Crippen molar-refractivity contribution in [1.82, 2.24) is 0 Å². The van der Waals surface area contributed by atoms with Gasteiger partial charge in [0.15, 0.2) is 0 Å². The topological polar surface area (TPSA) is 55.1 Å². The Morgan fingerprint density at radius 3 is 2.43 bits per heavy atom. The number of amides is 1. The van der Waals surface area contributed by atoms with Crippen molar-refractivity contribution in [3.05, 3.63) is 65.7 Å². The molecule has 21 heavy (non-hydrogen) atoms. The van der Waals surface area contributed by atoms with Crippen LogP contribution in [0, 0.1) is 6.92 Å². The van der Waals surface area contributed by atoms with Gasteiger partial charge in [-0.2, -0.15) is 0 Å². The summed E-state index contributed by atoms with van der Waals surface area (Å²) in [5.41, 5.74) is 8.11. The van der Waals surface area contributed by atoms with Crippen LogP contribution >= 0.6 is 0 Å². The lowest BCUT2D eigenvalue weighted by Gasteiger charge is -2.32. The van der Waals surface area contributed by atoms with Gasteiger partial charge in [0.25, 0.3) is 0 Å². The summed E-state index contributed by atoms with van der Waals surface area (Å²) in [6.45, 7) is 4.01. The number of hydrogen-bond donors (Lipinski definition) is 2. The minimum Gasteiger partial charge on any atom is -0.371 e. The second-order valence-corrected chi connectivity index (χ2v) is 5.46. The maximum absolute atomic E-state index is 12.1. The molecule has 2 aromatic rings. The van der Waals surface area contributed by atoms with E-state index in [1.54, 1.807) is 0 Å². The van der Waals surface area contributed by atoms with Crippen LogP contribution in [0.2, 0.25) is 0 Å². The van der Waals surface area contributed by atoms with Crippen LogP contribution in [0.5, 0.6) is 0 Å². The molecule has 2 aromatic carbocycles. The molecule has 0 radical (unpaired) electrons. The lowest BCUT2D eigenvalue weighted by Crippen LogP contribution is -2.51. The third kappa shape index (κ3) is 3.63. The van der Waals surface area contributed by atoms with Crippen LogP contribution in [0.15, 0.2) is 54.6 Å². The van der Waals surface area contributed by atoms with E-state index in [4.69, 9.17) is 5.73 Å². The number of hydrogen-bond acceptors (Lipinski definition) is 2. The first-order chi connectivity index (χ1) is 10.1. The molecule has 1 atom stereocenters. The van der Waals surface area contributed by atoms with Crippen molar-refractivity contribution in [1.29, 1.82) is 0 Å². The fourth-order valence-electron chi connectivity index (χ4n) is 2.52. The van der Waals surface area contributed by atoms with Gasteiger partial charge in [-0.15, -0.1) is 0 Å². The van der Waals surface area contributed by atoms with Crippen LogP contribution in [0.25, 0.3) is 0 Å². The Hall–Kier alpha value is -2.29. The van der Waals surface area contributed by atoms with Gasteiger partial charge >= 0.3 is 0 Å². The Labute approximate surface area is 126 Å². The third-order valence-electron chi connectivity index (χ3n) is 3.83. The molecule has 0 saturated heterocycles. The van der Waals surface area contributed by atoms with Crippen molar-refractivity contribution in [2.75, 3.05) is 5.32 Å². The van der Waals surface area contributed by atoms with Crippen molar-refractivity contribution in [2.24, 2.45) is 5.73 Å². The van der Waals surface area contributed by atoms with E-state index in [0.717, 1.165) is 16.8 Å². The maximum Gasteiger partial charge on any atom is 0.243 e. The minimum atomic E-state index is -0.769. The Kier molecular flexibility index (Phi) is 4.63. The van der Waals surface area contributed by atoms with Gasteiger partial charge in [-0.05, 0) is 36.6 Å². The molecule has 0 aliphatic heterocycles. The summed E-state index contributed by atoms with van der Waals surface area (Å²) in [6.07, 6.45) is 1.21. The van der Waals surface area contributed by atoms with Crippen LogP contribution in [0.4, 0.5) is 5.69 Å². The Morgan fingerprint density at radius 2 is 1.86 bits per heavy atom. The average molecular weight is 282 g/mol. The van der Waals surface area contributed by atoms with Crippen molar-refractivity contribution in [3.63, 3.8) is 0 Å². The second-order valence-electron chi connectivity index (χ2n) is 5.46. The van der Waals surface area contributed by atoms with Crippen molar-refractivity contribution in [2.45, 2.75) is 32.2 Å². The van der Waals surface area contributed by atoms with Crippen LogP contribution in [0.3, 0.4) is 0 Å². The summed E-state index contributed by atoms with van der Waals surface area (Å²) < 4.78 is 0. The highest BCUT2D eigenvalue weighted by Crippen LogP contribution is 2.24. The quantitative estimate of drug-likeness (QED) is 0.854. The molecule has 3 N–H and O–H groups in total. The summed E-state index contributed by atoms with van der Waals surface area (Å²) in [5.74, 6) is -0.324. The number of carbonyl (C=O) groups is 1. The van der Waals surface area contributed by atoms with Crippen molar-refractivity contribution < 1.29 is 4.79 Å². The van der Waals surface area contributed by atoms with Crippen LogP contribution < -0.4 is 11.1 Å². The second kappa shape index (κ2) is 6.44. The average Bonchev–Trinajstić information content (AvgIpc) is 2.47. The molecule has 0 aromatic heterocycles. The first-order valence-corrected chi connectivity index (χ1v) is 7.24. The standard InChI is InChI=1S/C18H22N2O/c1-3-18(17(19)21,13-15-9-5-4-6-10-15)20-16-11-7-8-14(2)12-16/h4-12,20H,3,13H2,1-2H3,(H2,19,21). The highest BCUT2D eigenvalue weighted by atomic mass is 16.1. The predicted octanol–water partition coefficient (Wildman–Crippen LogP) is 3.28. The molecular formula is C18H22N2O. The molecule has 1 unspecified atom stereocenters. The molecule has 0 bridgehead atoms. The number of aryl methyl sites for hydroxylation is 1.